The number of amides is 1. The molecule has 110 valence electrons. The molecule has 4 heteroatoms. The van der Waals surface area contributed by atoms with Crippen molar-refractivity contribution in [2.24, 2.45) is 5.41 Å². The highest BCUT2D eigenvalue weighted by atomic mass is 16.3. The van der Waals surface area contributed by atoms with Crippen LogP contribution in [-0.2, 0) is 4.79 Å². The molecular formula is C16H24N2O2. The molecule has 1 aliphatic rings. The van der Waals surface area contributed by atoms with Gasteiger partial charge in [-0.1, -0.05) is 13.0 Å². The predicted octanol–water partition coefficient (Wildman–Crippen LogP) is 2.44. The van der Waals surface area contributed by atoms with Gasteiger partial charge in [0.25, 0.3) is 0 Å². The zero-order valence-electron chi connectivity index (χ0n) is 12.6. The maximum Gasteiger partial charge on any atom is 0.234 e. The quantitative estimate of drug-likeness (QED) is 0.888. The number of rotatable bonds is 4. The number of phenolic OH excluding ortho intramolecular Hbond substituents is 1. The Morgan fingerprint density at radius 1 is 1.45 bits per heavy atom. The Morgan fingerprint density at radius 3 is 2.75 bits per heavy atom. The van der Waals surface area contributed by atoms with Gasteiger partial charge in [-0.3, -0.25) is 4.79 Å². The molecule has 2 rings (SSSR count). The minimum Gasteiger partial charge on any atom is -0.508 e. The molecule has 1 unspecified atom stereocenters. The molecule has 1 aromatic rings. The van der Waals surface area contributed by atoms with Gasteiger partial charge in [-0.25, -0.2) is 0 Å². The largest absolute Gasteiger partial charge is 0.508 e. The molecule has 1 aromatic carbocycles. The molecule has 0 saturated carbocycles. The van der Waals surface area contributed by atoms with Gasteiger partial charge in [0.2, 0.25) is 5.91 Å². The highest BCUT2D eigenvalue weighted by molar-refractivity contribution is 5.98. The summed E-state index contributed by atoms with van der Waals surface area (Å²) in [7, 11) is 0. The van der Waals surface area contributed by atoms with Crippen LogP contribution in [0, 0.1) is 12.3 Å². The first-order valence-electron chi connectivity index (χ1n) is 7.36. The standard InChI is InChI=1S/C16H24N2O2/c1-4-16(8-9-17-11-16)15(20)18(5-2)14-10-13(19)7-6-12(14)3/h6-7,10,17,19H,4-5,8-9,11H2,1-3H3. The number of aryl methyl sites for hydroxylation is 1. The first-order valence-corrected chi connectivity index (χ1v) is 7.36. The van der Waals surface area contributed by atoms with E-state index in [0.29, 0.717) is 6.54 Å². The summed E-state index contributed by atoms with van der Waals surface area (Å²) in [6, 6.07) is 5.19. The fourth-order valence-electron chi connectivity index (χ4n) is 2.98. The summed E-state index contributed by atoms with van der Waals surface area (Å²) in [4.78, 5) is 14.8. The van der Waals surface area contributed by atoms with E-state index >= 15 is 0 Å². The van der Waals surface area contributed by atoms with E-state index in [-0.39, 0.29) is 17.1 Å². The first-order chi connectivity index (χ1) is 9.54. The van der Waals surface area contributed by atoms with Crippen molar-refractivity contribution in [2.45, 2.75) is 33.6 Å². The summed E-state index contributed by atoms with van der Waals surface area (Å²) in [6.45, 7) is 8.29. The molecule has 1 atom stereocenters. The molecule has 1 amide bonds. The Morgan fingerprint density at radius 2 is 2.20 bits per heavy atom. The number of phenols is 1. The lowest BCUT2D eigenvalue weighted by atomic mass is 9.82. The average Bonchev–Trinajstić information content (AvgIpc) is 2.93. The topological polar surface area (TPSA) is 52.6 Å². The van der Waals surface area contributed by atoms with E-state index in [0.717, 1.165) is 37.2 Å². The normalized spacial score (nSPS) is 21.9. The van der Waals surface area contributed by atoms with E-state index in [9.17, 15) is 9.90 Å². The molecular weight excluding hydrogens is 252 g/mol. The Labute approximate surface area is 120 Å². The molecule has 0 bridgehead atoms. The van der Waals surface area contributed by atoms with Gasteiger partial charge in [-0.05, 0) is 44.9 Å². The highest BCUT2D eigenvalue weighted by Gasteiger charge is 2.42. The van der Waals surface area contributed by atoms with Crippen molar-refractivity contribution >= 4 is 11.6 Å². The van der Waals surface area contributed by atoms with E-state index in [2.05, 4.69) is 12.2 Å². The van der Waals surface area contributed by atoms with Crippen molar-refractivity contribution in [3.8, 4) is 5.75 Å². The van der Waals surface area contributed by atoms with Crippen molar-refractivity contribution in [3.05, 3.63) is 23.8 Å². The van der Waals surface area contributed by atoms with Gasteiger partial charge in [0.05, 0.1) is 11.1 Å². The SMILES string of the molecule is CCN(C(=O)C1(CC)CCNC1)c1cc(O)ccc1C. The minimum absolute atomic E-state index is 0.168. The smallest absolute Gasteiger partial charge is 0.234 e. The van der Waals surface area contributed by atoms with Gasteiger partial charge < -0.3 is 15.3 Å². The maximum atomic E-state index is 13.0. The first kappa shape index (κ1) is 14.9. The van der Waals surface area contributed by atoms with E-state index in [1.54, 1.807) is 12.1 Å². The number of carbonyl (C=O) groups is 1. The van der Waals surface area contributed by atoms with Crippen LogP contribution in [0.3, 0.4) is 0 Å². The molecule has 0 aliphatic carbocycles. The van der Waals surface area contributed by atoms with Gasteiger partial charge >= 0.3 is 0 Å². The van der Waals surface area contributed by atoms with Crippen LogP contribution in [-0.4, -0.2) is 30.6 Å². The number of hydrogen-bond acceptors (Lipinski definition) is 3. The lowest BCUT2D eigenvalue weighted by Gasteiger charge is -2.33. The number of anilines is 1. The van der Waals surface area contributed by atoms with Crippen LogP contribution in [0.4, 0.5) is 5.69 Å². The van der Waals surface area contributed by atoms with E-state index in [1.165, 1.54) is 0 Å². The van der Waals surface area contributed by atoms with E-state index in [4.69, 9.17) is 0 Å². The van der Waals surface area contributed by atoms with Gasteiger partial charge in [-0.2, -0.15) is 0 Å². The third-order valence-corrected chi connectivity index (χ3v) is 4.42. The second-order valence-corrected chi connectivity index (χ2v) is 5.58. The lowest BCUT2D eigenvalue weighted by Crippen LogP contribution is -2.45. The summed E-state index contributed by atoms with van der Waals surface area (Å²) >= 11 is 0. The highest BCUT2D eigenvalue weighted by Crippen LogP contribution is 2.35. The van der Waals surface area contributed by atoms with E-state index in [1.807, 2.05) is 24.8 Å². The third kappa shape index (κ3) is 2.52. The zero-order chi connectivity index (χ0) is 14.8. The third-order valence-electron chi connectivity index (χ3n) is 4.42. The number of aromatic hydroxyl groups is 1. The molecule has 1 aliphatic heterocycles. The Kier molecular flexibility index (Phi) is 4.33. The van der Waals surface area contributed by atoms with Gasteiger partial charge in [-0.15, -0.1) is 0 Å². The second-order valence-electron chi connectivity index (χ2n) is 5.58. The number of benzene rings is 1. The Balaban J connectivity index is 2.36. The van der Waals surface area contributed by atoms with Gasteiger partial charge in [0, 0.05) is 19.2 Å². The van der Waals surface area contributed by atoms with Crippen molar-refractivity contribution < 1.29 is 9.90 Å². The molecule has 2 N–H and O–H groups in total. The Bertz CT molecular complexity index is 493. The molecule has 1 heterocycles. The molecule has 20 heavy (non-hydrogen) atoms. The van der Waals surface area contributed by atoms with Crippen LogP contribution in [0.5, 0.6) is 5.75 Å². The van der Waals surface area contributed by atoms with Crippen LogP contribution in [0.25, 0.3) is 0 Å². The van der Waals surface area contributed by atoms with Crippen molar-refractivity contribution in [1.29, 1.82) is 0 Å². The summed E-state index contributed by atoms with van der Waals surface area (Å²) in [5.41, 5.74) is 1.53. The predicted molar refractivity (Wildman–Crippen MR) is 81.1 cm³/mol. The number of carbonyl (C=O) groups excluding carboxylic acids is 1. The molecule has 1 fully saturated rings. The maximum absolute atomic E-state index is 13.0. The summed E-state index contributed by atoms with van der Waals surface area (Å²) in [6.07, 6.45) is 1.73. The lowest BCUT2D eigenvalue weighted by molar-refractivity contribution is -0.127. The molecule has 4 nitrogen and oxygen atoms in total. The van der Waals surface area contributed by atoms with Crippen molar-refractivity contribution in [1.82, 2.24) is 5.32 Å². The molecule has 0 spiro atoms. The zero-order valence-corrected chi connectivity index (χ0v) is 12.6. The molecule has 1 saturated heterocycles. The Hall–Kier alpha value is -1.55. The van der Waals surface area contributed by atoms with Gasteiger partial charge in [0.15, 0.2) is 0 Å². The molecule has 0 radical (unpaired) electrons. The summed E-state index contributed by atoms with van der Waals surface area (Å²) < 4.78 is 0. The van der Waals surface area contributed by atoms with Crippen LogP contribution in [0.1, 0.15) is 32.3 Å². The van der Waals surface area contributed by atoms with Gasteiger partial charge in [0.1, 0.15) is 5.75 Å². The van der Waals surface area contributed by atoms with Crippen molar-refractivity contribution in [2.75, 3.05) is 24.5 Å². The van der Waals surface area contributed by atoms with Crippen molar-refractivity contribution in [3.63, 3.8) is 0 Å². The minimum atomic E-state index is -0.298. The number of nitrogens with one attached hydrogen (secondary N) is 1. The summed E-state index contributed by atoms with van der Waals surface area (Å²) in [5, 5.41) is 13.0. The van der Waals surface area contributed by atoms with Crippen LogP contribution in [0.15, 0.2) is 18.2 Å². The van der Waals surface area contributed by atoms with Crippen LogP contribution < -0.4 is 10.2 Å². The van der Waals surface area contributed by atoms with Crippen LogP contribution in [0.2, 0.25) is 0 Å². The second kappa shape index (κ2) is 5.83. The fourth-order valence-corrected chi connectivity index (χ4v) is 2.98. The molecule has 0 aromatic heterocycles. The fraction of sp³-hybridized carbons (Fsp3) is 0.562. The number of nitrogens with zero attached hydrogens (tertiary/aromatic N) is 1. The average molecular weight is 276 g/mol. The summed E-state index contributed by atoms with van der Waals surface area (Å²) in [5.74, 6) is 0.369. The number of hydrogen-bond donors (Lipinski definition) is 2. The monoisotopic (exact) mass is 276 g/mol. The van der Waals surface area contributed by atoms with Crippen LogP contribution >= 0.6 is 0 Å². The van der Waals surface area contributed by atoms with E-state index < -0.39 is 0 Å².